The quantitative estimate of drug-likeness (QED) is 0.864. The second-order valence-electron chi connectivity index (χ2n) is 5.50. The van der Waals surface area contributed by atoms with Gasteiger partial charge in [0.2, 0.25) is 5.91 Å². The van der Waals surface area contributed by atoms with Crippen molar-refractivity contribution >= 4 is 29.4 Å². The maximum atomic E-state index is 12.2. The molecular weight excluding hydrogens is 284 g/mol. The molecule has 2 fully saturated rings. The van der Waals surface area contributed by atoms with E-state index < -0.39 is 18.0 Å². The number of nitrogens with one attached hydrogen (secondary N) is 1. The lowest BCUT2D eigenvalue weighted by atomic mass is 10.0. The van der Waals surface area contributed by atoms with Gasteiger partial charge in [0.15, 0.2) is 5.82 Å². The van der Waals surface area contributed by atoms with Crippen LogP contribution in [0.4, 0.5) is 10.6 Å². The van der Waals surface area contributed by atoms with Crippen LogP contribution < -0.4 is 5.32 Å². The molecule has 20 heavy (non-hydrogen) atoms. The minimum absolute atomic E-state index is 0.0544. The predicted molar refractivity (Wildman–Crippen MR) is 70.5 cm³/mol. The van der Waals surface area contributed by atoms with Crippen molar-refractivity contribution in [1.29, 1.82) is 0 Å². The summed E-state index contributed by atoms with van der Waals surface area (Å²) in [5, 5.41) is 12.0. The Kier molecular flexibility index (Phi) is 2.82. The minimum atomic E-state index is -1.06. The number of fused-ring (bicyclic) bond motifs is 1. The Bertz CT molecular complexity index is 596. The molecule has 2 heterocycles. The molecule has 3 unspecified atom stereocenters. The number of rotatable bonds is 2. The number of carboxylic acid groups (broad SMARTS) is 1. The summed E-state index contributed by atoms with van der Waals surface area (Å²) in [5.74, 6) is -0.170. The Morgan fingerprint density at radius 2 is 2.25 bits per heavy atom. The normalized spacial score (nSPS) is 30.8. The Labute approximate surface area is 120 Å². The van der Waals surface area contributed by atoms with Crippen LogP contribution in [0.5, 0.6) is 0 Å². The molecule has 2 aliphatic rings. The number of hydrogen-bond acceptors (Lipinski definition) is 4. The summed E-state index contributed by atoms with van der Waals surface area (Å²) in [6.07, 6.45) is 3.01. The molecule has 0 spiro atoms. The Balaban J connectivity index is 1.76. The number of carbonyl (C=O) groups excluding carboxylic acids is 1. The van der Waals surface area contributed by atoms with E-state index in [2.05, 4.69) is 15.3 Å². The fraction of sp³-hybridized carbons (Fsp3) is 0.500. The lowest BCUT2D eigenvalue weighted by molar-refractivity contribution is -0.120. The highest BCUT2D eigenvalue weighted by Gasteiger charge is 2.64. The fourth-order valence-corrected chi connectivity index (χ4v) is 3.04. The van der Waals surface area contributed by atoms with E-state index in [0.29, 0.717) is 6.42 Å². The van der Waals surface area contributed by atoms with Gasteiger partial charge in [0.05, 0.1) is 12.4 Å². The zero-order valence-electron chi connectivity index (χ0n) is 10.7. The smallest absolute Gasteiger partial charge is 0.408 e. The van der Waals surface area contributed by atoms with E-state index in [0.717, 1.165) is 6.42 Å². The third kappa shape index (κ3) is 2.07. The van der Waals surface area contributed by atoms with Crippen LogP contribution in [-0.4, -0.2) is 44.1 Å². The van der Waals surface area contributed by atoms with E-state index in [-0.39, 0.29) is 22.4 Å². The molecule has 3 rings (SSSR count). The summed E-state index contributed by atoms with van der Waals surface area (Å²) < 4.78 is 0. The van der Waals surface area contributed by atoms with Gasteiger partial charge in [-0.3, -0.25) is 14.7 Å². The first-order valence-electron chi connectivity index (χ1n) is 6.20. The van der Waals surface area contributed by atoms with Gasteiger partial charge in [-0.1, -0.05) is 18.5 Å². The van der Waals surface area contributed by atoms with E-state index in [4.69, 9.17) is 11.6 Å². The molecule has 3 atom stereocenters. The van der Waals surface area contributed by atoms with Gasteiger partial charge in [0, 0.05) is 6.04 Å². The van der Waals surface area contributed by atoms with Crippen LogP contribution in [0.1, 0.15) is 19.8 Å². The number of aromatic nitrogens is 2. The summed E-state index contributed by atoms with van der Waals surface area (Å²) in [4.78, 5) is 32.5. The lowest BCUT2D eigenvalue weighted by Crippen LogP contribution is -2.44. The molecule has 1 saturated carbocycles. The Morgan fingerprint density at radius 3 is 2.90 bits per heavy atom. The molecule has 0 aromatic carbocycles. The van der Waals surface area contributed by atoms with Gasteiger partial charge in [-0.15, -0.1) is 0 Å². The van der Waals surface area contributed by atoms with Gasteiger partial charge in [0.25, 0.3) is 0 Å². The average molecular weight is 297 g/mol. The van der Waals surface area contributed by atoms with Crippen LogP contribution in [0.2, 0.25) is 5.15 Å². The third-order valence-corrected chi connectivity index (χ3v) is 4.20. The second-order valence-corrected chi connectivity index (χ2v) is 5.89. The second kappa shape index (κ2) is 4.31. The van der Waals surface area contributed by atoms with Gasteiger partial charge in [-0.2, -0.15) is 0 Å². The van der Waals surface area contributed by atoms with Crippen molar-refractivity contribution < 1.29 is 14.7 Å². The molecule has 1 aliphatic heterocycles. The number of nitrogens with zero attached hydrogens (tertiary/aromatic N) is 3. The molecule has 106 valence electrons. The summed E-state index contributed by atoms with van der Waals surface area (Å²) >= 11 is 5.69. The van der Waals surface area contributed by atoms with Gasteiger partial charge < -0.3 is 10.4 Å². The molecule has 0 bridgehead atoms. The number of halogens is 1. The first-order chi connectivity index (χ1) is 9.40. The number of carbonyl (C=O) groups is 2. The van der Waals surface area contributed by atoms with Crippen molar-refractivity contribution in [3.8, 4) is 0 Å². The van der Waals surface area contributed by atoms with Gasteiger partial charge in [-0.05, 0) is 18.3 Å². The lowest BCUT2D eigenvalue weighted by Gasteiger charge is -2.23. The number of anilines is 1. The highest BCUT2D eigenvalue weighted by Crippen LogP contribution is 2.59. The number of likely N-dealkylation sites (tertiary alicyclic amines) is 1. The summed E-state index contributed by atoms with van der Waals surface area (Å²) in [6.45, 7) is 2.00. The molecule has 1 saturated heterocycles. The van der Waals surface area contributed by atoms with Crippen LogP contribution in [0.25, 0.3) is 0 Å². The number of hydrogen-bond donors (Lipinski definition) is 2. The van der Waals surface area contributed by atoms with Crippen LogP contribution in [-0.2, 0) is 4.79 Å². The first-order valence-corrected chi connectivity index (χ1v) is 6.58. The van der Waals surface area contributed by atoms with E-state index in [1.54, 1.807) is 0 Å². The van der Waals surface area contributed by atoms with Crippen LogP contribution >= 0.6 is 11.6 Å². The highest BCUT2D eigenvalue weighted by molar-refractivity contribution is 6.29. The van der Waals surface area contributed by atoms with E-state index in [9.17, 15) is 14.7 Å². The Hall–Kier alpha value is -1.89. The van der Waals surface area contributed by atoms with Crippen molar-refractivity contribution in [2.45, 2.75) is 31.8 Å². The molecular formula is C12H13ClN4O3. The molecule has 2 amide bonds. The first kappa shape index (κ1) is 13.1. The van der Waals surface area contributed by atoms with Crippen LogP contribution in [0.15, 0.2) is 12.4 Å². The van der Waals surface area contributed by atoms with E-state index in [1.807, 2.05) is 6.92 Å². The largest absolute Gasteiger partial charge is 0.465 e. The maximum absolute atomic E-state index is 12.2. The van der Waals surface area contributed by atoms with Gasteiger partial charge >= 0.3 is 6.09 Å². The third-order valence-electron chi connectivity index (χ3n) is 4.02. The summed E-state index contributed by atoms with van der Waals surface area (Å²) in [5.41, 5.74) is -0.0690. The van der Waals surface area contributed by atoms with E-state index >= 15 is 0 Å². The molecule has 1 aromatic rings. The average Bonchev–Trinajstić information content (AvgIpc) is 2.90. The highest BCUT2D eigenvalue weighted by atomic mass is 35.5. The van der Waals surface area contributed by atoms with Crippen molar-refractivity contribution in [3.05, 3.63) is 17.5 Å². The van der Waals surface area contributed by atoms with E-state index in [1.165, 1.54) is 17.3 Å². The van der Waals surface area contributed by atoms with Crippen molar-refractivity contribution in [2.75, 3.05) is 5.32 Å². The Morgan fingerprint density at radius 1 is 1.50 bits per heavy atom. The molecule has 7 nitrogen and oxygen atoms in total. The fourth-order valence-electron chi connectivity index (χ4n) is 2.89. The summed E-state index contributed by atoms with van der Waals surface area (Å²) in [6, 6.07) is -0.738. The standard InChI is InChI=1S/C12H13ClN4O3/c1-12-2-6(17(11(19)20)7(12)3-12)10(18)16-9-5-14-4-8(13)15-9/h4-7H,2-3H2,1H3,(H,19,20)(H,15,16,18). The minimum Gasteiger partial charge on any atom is -0.465 e. The monoisotopic (exact) mass is 296 g/mol. The SMILES string of the molecule is CC12CC(C(=O)Nc3cncc(Cl)n3)N(C(=O)O)C1C2. The summed E-state index contributed by atoms with van der Waals surface area (Å²) in [7, 11) is 0. The molecule has 0 radical (unpaired) electrons. The van der Waals surface area contributed by atoms with Crippen molar-refractivity contribution in [1.82, 2.24) is 14.9 Å². The van der Waals surface area contributed by atoms with Gasteiger partial charge in [0.1, 0.15) is 11.2 Å². The molecule has 1 aromatic heterocycles. The molecule has 2 N–H and O–H groups in total. The number of piperidine rings is 1. The van der Waals surface area contributed by atoms with Gasteiger partial charge in [-0.25, -0.2) is 9.78 Å². The number of amides is 2. The van der Waals surface area contributed by atoms with Crippen molar-refractivity contribution in [3.63, 3.8) is 0 Å². The zero-order valence-corrected chi connectivity index (χ0v) is 11.5. The van der Waals surface area contributed by atoms with Crippen LogP contribution in [0.3, 0.4) is 0 Å². The van der Waals surface area contributed by atoms with Crippen molar-refractivity contribution in [2.24, 2.45) is 5.41 Å². The molecule has 1 aliphatic carbocycles. The predicted octanol–water partition coefficient (Wildman–Crippen LogP) is 1.60. The topological polar surface area (TPSA) is 95.4 Å². The van der Waals surface area contributed by atoms with Crippen LogP contribution in [0, 0.1) is 5.41 Å². The maximum Gasteiger partial charge on any atom is 0.408 e. The zero-order chi connectivity index (χ0) is 14.5. The molecule has 8 heteroatoms.